The molecule has 0 radical (unpaired) electrons. The van der Waals surface area contributed by atoms with Gasteiger partial charge >= 0.3 is 6.03 Å². The molecule has 0 bridgehead atoms. The molecular formula is C22H23FN4O3. The number of halogens is 1. The summed E-state index contributed by atoms with van der Waals surface area (Å²) in [7, 11) is 0. The molecule has 30 heavy (non-hydrogen) atoms. The van der Waals surface area contributed by atoms with Crippen molar-refractivity contribution >= 4 is 6.03 Å². The Labute approximate surface area is 173 Å². The zero-order valence-electron chi connectivity index (χ0n) is 16.8. The molecule has 1 aliphatic heterocycles. The lowest BCUT2D eigenvalue weighted by atomic mass is 10.1. The minimum Gasteiger partial charge on any atom is -0.486 e. The topological polar surface area (TPSA) is 77.4 Å². The molecule has 0 aliphatic carbocycles. The predicted molar refractivity (Wildman–Crippen MR) is 110 cm³/mol. The van der Waals surface area contributed by atoms with Gasteiger partial charge in [-0.05, 0) is 50.2 Å². The van der Waals surface area contributed by atoms with Crippen molar-refractivity contribution in [1.29, 1.82) is 0 Å². The van der Waals surface area contributed by atoms with Crippen LogP contribution in [0, 0.1) is 12.7 Å². The van der Waals surface area contributed by atoms with E-state index in [2.05, 4.69) is 15.7 Å². The fourth-order valence-electron chi connectivity index (χ4n) is 3.39. The van der Waals surface area contributed by atoms with Crippen LogP contribution in [-0.4, -0.2) is 35.1 Å². The van der Waals surface area contributed by atoms with Gasteiger partial charge in [-0.1, -0.05) is 12.1 Å². The molecule has 0 fully saturated rings. The van der Waals surface area contributed by atoms with Crippen molar-refractivity contribution in [3.63, 3.8) is 0 Å². The molecule has 2 heterocycles. The Balaban J connectivity index is 1.32. The van der Waals surface area contributed by atoms with Gasteiger partial charge in [-0.25, -0.2) is 13.9 Å². The first kappa shape index (κ1) is 19.8. The van der Waals surface area contributed by atoms with Crippen molar-refractivity contribution in [1.82, 2.24) is 20.4 Å². The molecule has 2 aromatic carbocycles. The number of carbonyl (C=O) groups excluding carboxylic acids is 1. The predicted octanol–water partition coefficient (Wildman–Crippen LogP) is 3.52. The molecule has 2 atom stereocenters. The van der Waals surface area contributed by atoms with Gasteiger partial charge in [-0.15, -0.1) is 0 Å². The lowest BCUT2D eigenvalue weighted by molar-refractivity contribution is 0.0917. The van der Waals surface area contributed by atoms with E-state index in [0.29, 0.717) is 24.7 Å². The van der Waals surface area contributed by atoms with Crippen molar-refractivity contribution in [2.75, 3.05) is 13.2 Å². The standard InChI is InChI=1S/C22H23FN4O3/c1-14(19-12-25-27(15(19)2)17-9-7-16(23)8-10-17)26-22(28)24-11-18-13-29-20-5-3-4-6-21(20)30-18/h3-10,12,14,18H,11,13H2,1-2H3,(H2,24,26,28)/t14-,18+/m0/s1. The number of aromatic nitrogens is 2. The average Bonchev–Trinajstić information content (AvgIpc) is 3.14. The quantitative estimate of drug-likeness (QED) is 0.675. The highest BCUT2D eigenvalue weighted by Crippen LogP contribution is 2.30. The summed E-state index contributed by atoms with van der Waals surface area (Å²) in [4.78, 5) is 12.4. The van der Waals surface area contributed by atoms with E-state index in [0.717, 1.165) is 16.9 Å². The molecule has 4 rings (SSSR count). The van der Waals surface area contributed by atoms with Gasteiger partial charge in [0.2, 0.25) is 0 Å². The van der Waals surface area contributed by atoms with Gasteiger partial charge in [-0.2, -0.15) is 5.10 Å². The van der Waals surface area contributed by atoms with Crippen LogP contribution < -0.4 is 20.1 Å². The van der Waals surface area contributed by atoms with Crippen LogP contribution in [0.25, 0.3) is 5.69 Å². The summed E-state index contributed by atoms with van der Waals surface area (Å²) in [5, 5.41) is 10.1. The number of nitrogens with one attached hydrogen (secondary N) is 2. The van der Waals surface area contributed by atoms with E-state index in [1.54, 1.807) is 23.0 Å². The monoisotopic (exact) mass is 410 g/mol. The van der Waals surface area contributed by atoms with Crippen LogP contribution in [0.3, 0.4) is 0 Å². The summed E-state index contributed by atoms with van der Waals surface area (Å²) >= 11 is 0. The van der Waals surface area contributed by atoms with E-state index in [4.69, 9.17) is 9.47 Å². The number of hydrogen-bond acceptors (Lipinski definition) is 4. The Morgan fingerprint density at radius 1 is 1.23 bits per heavy atom. The molecule has 0 saturated carbocycles. The highest BCUT2D eigenvalue weighted by Gasteiger charge is 2.22. The van der Waals surface area contributed by atoms with E-state index in [-0.39, 0.29) is 24.0 Å². The molecular weight excluding hydrogens is 387 g/mol. The second-order valence-corrected chi connectivity index (χ2v) is 7.15. The fourth-order valence-corrected chi connectivity index (χ4v) is 3.39. The summed E-state index contributed by atoms with van der Waals surface area (Å²) in [6.07, 6.45) is 1.45. The van der Waals surface area contributed by atoms with Gasteiger partial charge in [0.05, 0.1) is 24.5 Å². The number of urea groups is 1. The SMILES string of the molecule is Cc1c([C@H](C)NC(=O)NC[C@@H]2COc3ccccc3O2)cnn1-c1ccc(F)cc1. The molecule has 156 valence electrons. The lowest BCUT2D eigenvalue weighted by Gasteiger charge is -2.26. The van der Waals surface area contributed by atoms with Crippen LogP contribution in [0.4, 0.5) is 9.18 Å². The molecule has 0 spiro atoms. The van der Waals surface area contributed by atoms with Gasteiger partial charge in [0.15, 0.2) is 17.6 Å². The highest BCUT2D eigenvalue weighted by molar-refractivity contribution is 5.74. The number of fused-ring (bicyclic) bond motifs is 1. The number of rotatable bonds is 5. The molecule has 8 heteroatoms. The summed E-state index contributed by atoms with van der Waals surface area (Å²) in [5.41, 5.74) is 2.50. The Morgan fingerprint density at radius 2 is 1.97 bits per heavy atom. The third kappa shape index (κ3) is 4.22. The largest absolute Gasteiger partial charge is 0.486 e. The molecule has 0 saturated heterocycles. The highest BCUT2D eigenvalue weighted by atomic mass is 19.1. The lowest BCUT2D eigenvalue weighted by Crippen LogP contribution is -2.45. The van der Waals surface area contributed by atoms with E-state index in [9.17, 15) is 9.18 Å². The first-order chi connectivity index (χ1) is 14.5. The Morgan fingerprint density at radius 3 is 2.73 bits per heavy atom. The summed E-state index contributed by atoms with van der Waals surface area (Å²) in [6.45, 7) is 4.48. The maximum atomic E-state index is 13.2. The maximum Gasteiger partial charge on any atom is 0.315 e. The molecule has 0 unspecified atom stereocenters. The van der Waals surface area contributed by atoms with Gasteiger partial charge in [-0.3, -0.25) is 0 Å². The zero-order chi connectivity index (χ0) is 21.1. The van der Waals surface area contributed by atoms with E-state index < -0.39 is 0 Å². The molecule has 1 aliphatic rings. The van der Waals surface area contributed by atoms with Crippen molar-refractivity contribution in [3.8, 4) is 17.2 Å². The van der Waals surface area contributed by atoms with Crippen LogP contribution in [0.15, 0.2) is 54.7 Å². The van der Waals surface area contributed by atoms with E-state index in [1.165, 1.54) is 12.1 Å². The number of hydrogen-bond donors (Lipinski definition) is 2. The third-order valence-electron chi connectivity index (χ3n) is 4.99. The number of nitrogens with zero attached hydrogens (tertiary/aromatic N) is 2. The fraction of sp³-hybridized carbons (Fsp3) is 0.273. The Kier molecular flexibility index (Phi) is 5.56. The smallest absolute Gasteiger partial charge is 0.315 e. The van der Waals surface area contributed by atoms with Gasteiger partial charge in [0, 0.05) is 11.3 Å². The third-order valence-corrected chi connectivity index (χ3v) is 4.99. The normalized spacial score (nSPS) is 16.0. The maximum absolute atomic E-state index is 13.2. The number of para-hydroxylation sites is 2. The summed E-state index contributed by atoms with van der Waals surface area (Å²) in [5.74, 6) is 1.08. The van der Waals surface area contributed by atoms with Crippen LogP contribution >= 0.6 is 0 Å². The van der Waals surface area contributed by atoms with Crippen molar-refractivity contribution < 1.29 is 18.7 Å². The number of carbonyl (C=O) groups is 1. The number of amides is 2. The van der Waals surface area contributed by atoms with Crippen LogP contribution in [-0.2, 0) is 0 Å². The molecule has 2 amide bonds. The number of benzene rings is 2. The van der Waals surface area contributed by atoms with Crippen molar-refractivity contribution in [2.45, 2.75) is 26.0 Å². The van der Waals surface area contributed by atoms with Crippen molar-refractivity contribution in [3.05, 3.63) is 71.8 Å². The first-order valence-electron chi connectivity index (χ1n) is 9.74. The summed E-state index contributed by atoms with van der Waals surface area (Å²) in [6, 6.07) is 13.0. The minimum absolute atomic E-state index is 0.260. The van der Waals surface area contributed by atoms with Crippen molar-refractivity contribution in [2.24, 2.45) is 0 Å². The van der Waals surface area contributed by atoms with E-state index in [1.807, 2.05) is 38.1 Å². The zero-order valence-corrected chi connectivity index (χ0v) is 16.8. The first-order valence-corrected chi connectivity index (χ1v) is 9.74. The van der Waals surface area contributed by atoms with Gasteiger partial charge in [0.25, 0.3) is 0 Å². The molecule has 3 aromatic rings. The van der Waals surface area contributed by atoms with Crippen LogP contribution in [0.2, 0.25) is 0 Å². The second kappa shape index (κ2) is 8.44. The number of ether oxygens (including phenoxy) is 2. The van der Waals surface area contributed by atoms with Crippen LogP contribution in [0.5, 0.6) is 11.5 Å². The Bertz CT molecular complexity index is 1040. The Hall–Kier alpha value is -3.55. The second-order valence-electron chi connectivity index (χ2n) is 7.15. The molecule has 1 aromatic heterocycles. The average molecular weight is 410 g/mol. The molecule has 2 N–H and O–H groups in total. The van der Waals surface area contributed by atoms with E-state index >= 15 is 0 Å². The van der Waals surface area contributed by atoms with Crippen LogP contribution in [0.1, 0.15) is 24.2 Å². The summed E-state index contributed by atoms with van der Waals surface area (Å²) < 4.78 is 26.4. The minimum atomic E-state index is -0.307. The molecule has 7 nitrogen and oxygen atoms in total. The van der Waals surface area contributed by atoms with Gasteiger partial charge in [0.1, 0.15) is 12.4 Å². The van der Waals surface area contributed by atoms with Gasteiger partial charge < -0.3 is 20.1 Å².